The number of nitrogen functional groups attached to an aromatic ring is 1. The highest BCUT2D eigenvalue weighted by molar-refractivity contribution is 7.13. The van der Waals surface area contributed by atoms with Crippen molar-refractivity contribution < 1.29 is 9.90 Å². The minimum absolute atomic E-state index is 0.125. The summed E-state index contributed by atoms with van der Waals surface area (Å²) >= 11 is 1.22. The summed E-state index contributed by atoms with van der Waals surface area (Å²) < 4.78 is 0. The Bertz CT molecular complexity index is 357. The Hall–Kier alpha value is -1.36. The number of unbranched alkanes of at least 4 members (excludes halogenated alkanes) is 1. The van der Waals surface area contributed by atoms with Crippen LogP contribution in [0.25, 0.3) is 5.57 Å². The van der Waals surface area contributed by atoms with Gasteiger partial charge in [-0.15, -0.1) is 11.3 Å². The fourth-order valence-electron chi connectivity index (χ4n) is 0.992. The largest absolute Gasteiger partial charge is 0.545 e. The Balaban J connectivity index is 2.94. The molecule has 0 aliphatic heterocycles. The molecular weight excluding hydrogens is 200 g/mol. The van der Waals surface area contributed by atoms with E-state index >= 15 is 0 Å². The molecule has 4 nitrogen and oxygen atoms in total. The van der Waals surface area contributed by atoms with Gasteiger partial charge in [-0.1, -0.05) is 19.4 Å². The third-order valence-corrected chi connectivity index (χ3v) is 2.33. The van der Waals surface area contributed by atoms with Crippen LogP contribution < -0.4 is 10.8 Å². The summed E-state index contributed by atoms with van der Waals surface area (Å²) in [6, 6.07) is 0. The van der Waals surface area contributed by atoms with E-state index in [0.29, 0.717) is 17.2 Å². The molecule has 0 spiro atoms. The van der Waals surface area contributed by atoms with Gasteiger partial charge in [0.2, 0.25) is 0 Å². The molecule has 1 heterocycles. The topological polar surface area (TPSA) is 79.0 Å². The molecule has 14 heavy (non-hydrogen) atoms. The molecule has 0 aliphatic carbocycles. The average molecular weight is 211 g/mol. The Morgan fingerprint density at radius 3 is 2.93 bits per heavy atom. The molecule has 1 aromatic rings. The molecular formula is C9H11N2O2S-. The van der Waals surface area contributed by atoms with Gasteiger partial charge in [-0.05, 0) is 6.42 Å². The maximum absolute atomic E-state index is 10.8. The molecule has 0 saturated heterocycles. The van der Waals surface area contributed by atoms with E-state index in [-0.39, 0.29) is 5.57 Å². The fraction of sp³-hybridized carbons (Fsp3) is 0.333. The van der Waals surface area contributed by atoms with Gasteiger partial charge in [-0.3, -0.25) is 0 Å². The van der Waals surface area contributed by atoms with Crippen molar-refractivity contribution in [1.82, 2.24) is 4.98 Å². The molecule has 5 heteroatoms. The molecule has 0 aliphatic rings. The molecule has 0 atom stereocenters. The number of anilines is 1. The van der Waals surface area contributed by atoms with Crippen molar-refractivity contribution in [2.75, 3.05) is 5.73 Å². The van der Waals surface area contributed by atoms with Gasteiger partial charge in [0.05, 0.1) is 11.7 Å². The summed E-state index contributed by atoms with van der Waals surface area (Å²) in [5.41, 5.74) is 5.93. The van der Waals surface area contributed by atoms with E-state index in [4.69, 9.17) is 5.73 Å². The molecule has 1 aromatic heterocycles. The fourth-order valence-corrected chi connectivity index (χ4v) is 1.56. The summed E-state index contributed by atoms with van der Waals surface area (Å²) in [5.74, 6) is -1.20. The number of aliphatic carboxylic acids is 1. The van der Waals surface area contributed by atoms with Gasteiger partial charge in [0.25, 0.3) is 0 Å². The third kappa shape index (κ3) is 2.56. The second-order valence-corrected chi connectivity index (χ2v) is 3.65. The maximum Gasteiger partial charge on any atom is 0.180 e. The van der Waals surface area contributed by atoms with Crippen LogP contribution in [0, 0.1) is 0 Å². The van der Waals surface area contributed by atoms with Crippen LogP contribution in [0.3, 0.4) is 0 Å². The maximum atomic E-state index is 10.8. The number of carbonyl (C=O) groups excluding carboxylic acids is 1. The predicted octanol–water partition coefficient (Wildman–Crippen LogP) is 0.659. The lowest BCUT2D eigenvalue weighted by Crippen LogP contribution is -2.23. The highest BCUT2D eigenvalue weighted by Crippen LogP contribution is 2.19. The second-order valence-electron chi connectivity index (χ2n) is 2.76. The molecule has 0 bridgehead atoms. The van der Waals surface area contributed by atoms with Crippen molar-refractivity contribution >= 4 is 28.0 Å². The number of hydrogen-bond acceptors (Lipinski definition) is 5. The van der Waals surface area contributed by atoms with Crippen LogP contribution in [0.1, 0.15) is 25.5 Å². The Morgan fingerprint density at radius 2 is 2.50 bits per heavy atom. The molecule has 2 N–H and O–H groups in total. The van der Waals surface area contributed by atoms with Crippen LogP contribution in [-0.2, 0) is 4.79 Å². The first-order valence-electron chi connectivity index (χ1n) is 4.28. The number of thiazole rings is 1. The van der Waals surface area contributed by atoms with Crippen molar-refractivity contribution in [2.45, 2.75) is 19.8 Å². The minimum Gasteiger partial charge on any atom is -0.545 e. The number of aromatic nitrogens is 1. The lowest BCUT2D eigenvalue weighted by molar-refractivity contribution is -0.295. The number of nitrogens with zero attached hydrogens (tertiary/aromatic N) is 1. The van der Waals surface area contributed by atoms with E-state index in [0.717, 1.165) is 6.42 Å². The Morgan fingerprint density at radius 1 is 1.79 bits per heavy atom. The molecule has 0 aromatic carbocycles. The summed E-state index contributed by atoms with van der Waals surface area (Å²) in [7, 11) is 0. The van der Waals surface area contributed by atoms with Gasteiger partial charge >= 0.3 is 0 Å². The van der Waals surface area contributed by atoms with Crippen molar-refractivity contribution in [3.8, 4) is 0 Å². The van der Waals surface area contributed by atoms with E-state index < -0.39 is 5.97 Å². The molecule has 0 unspecified atom stereocenters. The lowest BCUT2D eigenvalue weighted by atomic mass is 10.1. The summed E-state index contributed by atoms with van der Waals surface area (Å²) in [6.45, 7) is 1.97. The molecule has 0 saturated carbocycles. The van der Waals surface area contributed by atoms with Crippen molar-refractivity contribution in [1.29, 1.82) is 0 Å². The monoisotopic (exact) mass is 211 g/mol. The number of hydrogen-bond donors (Lipinski definition) is 1. The van der Waals surface area contributed by atoms with Crippen molar-refractivity contribution in [3.63, 3.8) is 0 Å². The van der Waals surface area contributed by atoms with E-state index in [1.807, 2.05) is 6.92 Å². The Kier molecular flexibility index (Phi) is 3.64. The van der Waals surface area contributed by atoms with Gasteiger partial charge in [-0.2, -0.15) is 0 Å². The quantitative estimate of drug-likeness (QED) is 0.742. The van der Waals surface area contributed by atoms with E-state index in [9.17, 15) is 9.90 Å². The van der Waals surface area contributed by atoms with Crippen LogP contribution >= 0.6 is 11.3 Å². The van der Waals surface area contributed by atoms with Crippen LogP contribution in [-0.4, -0.2) is 11.0 Å². The first-order valence-corrected chi connectivity index (χ1v) is 5.16. The van der Waals surface area contributed by atoms with Gasteiger partial charge < -0.3 is 15.6 Å². The zero-order valence-corrected chi connectivity index (χ0v) is 8.63. The summed E-state index contributed by atoms with van der Waals surface area (Å²) in [5, 5.41) is 12.7. The molecule has 0 radical (unpaired) electrons. The highest BCUT2D eigenvalue weighted by atomic mass is 32.1. The minimum atomic E-state index is -1.20. The van der Waals surface area contributed by atoms with Gasteiger partial charge in [0, 0.05) is 11.0 Å². The first kappa shape index (κ1) is 10.7. The van der Waals surface area contributed by atoms with E-state index in [1.165, 1.54) is 11.3 Å². The smallest absolute Gasteiger partial charge is 0.180 e. The predicted molar refractivity (Wildman–Crippen MR) is 54.4 cm³/mol. The molecule has 0 fully saturated rings. The number of allylic oxidation sites excluding steroid dienone is 1. The zero-order valence-electron chi connectivity index (χ0n) is 7.82. The summed E-state index contributed by atoms with van der Waals surface area (Å²) in [6.07, 6.45) is 3.20. The normalized spacial score (nSPS) is 11.6. The standard InChI is InChI=1S/C9H12N2O2S/c1-2-3-4-6(8(12)13)7-5-14-9(10)11-7/h4-5H,2-3H2,1H3,(H2,10,11)(H,12,13)/p-1/b6-4-. The summed E-state index contributed by atoms with van der Waals surface area (Å²) in [4.78, 5) is 14.7. The van der Waals surface area contributed by atoms with E-state index in [1.54, 1.807) is 11.5 Å². The number of carbonyl (C=O) groups is 1. The number of nitrogens with two attached hydrogens (primary N) is 1. The van der Waals surface area contributed by atoms with E-state index in [2.05, 4.69) is 4.98 Å². The SMILES string of the molecule is CCC/C=C(\C(=O)[O-])c1csc(N)n1. The van der Waals surface area contributed by atoms with Crippen LogP contribution in [0.5, 0.6) is 0 Å². The highest BCUT2D eigenvalue weighted by Gasteiger charge is 2.06. The van der Waals surface area contributed by atoms with Crippen LogP contribution in [0.4, 0.5) is 5.13 Å². The van der Waals surface area contributed by atoms with Gasteiger partial charge in [0.15, 0.2) is 5.13 Å². The molecule has 76 valence electrons. The third-order valence-electron chi connectivity index (χ3n) is 1.65. The average Bonchev–Trinajstić information content (AvgIpc) is 2.52. The van der Waals surface area contributed by atoms with Crippen molar-refractivity contribution in [3.05, 3.63) is 17.2 Å². The number of carboxylic acid groups (broad SMARTS) is 1. The van der Waals surface area contributed by atoms with Gasteiger partial charge in [0.1, 0.15) is 0 Å². The second kappa shape index (κ2) is 4.76. The first-order chi connectivity index (χ1) is 6.65. The zero-order chi connectivity index (χ0) is 10.6. The van der Waals surface area contributed by atoms with Crippen molar-refractivity contribution in [2.24, 2.45) is 0 Å². The lowest BCUT2D eigenvalue weighted by Gasteiger charge is -2.04. The molecule has 1 rings (SSSR count). The van der Waals surface area contributed by atoms with Crippen LogP contribution in [0.2, 0.25) is 0 Å². The Labute approximate surface area is 86.1 Å². The van der Waals surface area contributed by atoms with Crippen LogP contribution in [0.15, 0.2) is 11.5 Å². The van der Waals surface area contributed by atoms with Gasteiger partial charge in [-0.25, -0.2) is 4.98 Å². The molecule has 0 amide bonds. The number of carboxylic acids is 1. The number of rotatable bonds is 4.